The molecule has 3 rings (SSSR count). The third-order valence-corrected chi connectivity index (χ3v) is 4.24. The molecule has 0 spiro atoms. The number of rotatable bonds is 4. The summed E-state index contributed by atoms with van der Waals surface area (Å²) in [6, 6.07) is 17.3. The number of anilines is 1. The molecule has 24 heavy (non-hydrogen) atoms. The second kappa shape index (κ2) is 7.17. The van der Waals surface area contributed by atoms with E-state index in [0.29, 0.717) is 13.1 Å². The minimum Gasteiger partial charge on any atom is -0.469 e. The molecule has 5 heteroatoms. The normalized spacial score (nSPS) is 15.7. The van der Waals surface area contributed by atoms with Crippen LogP contribution in [0.4, 0.5) is 10.5 Å². The van der Waals surface area contributed by atoms with Gasteiger partial charge in [0.05, 0.1) is 13.5 Å². The van der Waals surface area contributed by atoms with E-state index in [9.17, 15) is 9.59 Å². The van der Waals surface area contributed by atoms with Gasteiger partial charge < -0.3 is 10.1 Å². The highest BCUT2D eigenvalue weighted by molar-refractivity contribution is 5.95. The summed E-state index contributed by atoms with van der Waals surface area (Å²) >= 11 is 0. The van der Waals surface area contributed by atoms with E-state index in [1.54, 1.807) is 4.90 Å². The molecule has 0 aliphatic carbocycles. The largest absolute Gasteiger partial charge is 0.469 e. The summed E-state index contributed by atoms with van der Waals surface area (Å²) in [4.78, 5) is 25.9. The summed E-state index contributed by atoms with van der Waals surface area (Å²) in [5.41, 5.74) is 2.92. The van der Waals surface area contributed by atoms with E-state index in [1.165, 1.54) is 7.11 Å². The first-order valence-electron chi connectivity index (χ1n) is 7.94. The van der Waals surface area contributed by atoms with Gasteiger partial charge in [0.15, 0.2) is 0 Å². The second-order valence-corrected chi connectivity index (χ2v) is 5.79. The Bertz CT molecular complexity index is 730. The standard InChI is InChI=1S/C19H20N2O3/c1-24-18(22)11-15-13-21(17-10-6-5-9-16(15)17)19(23)20-12-14-7-3-2-4-8-14/h2-10,15H,11-13H2,1H3,(H,20,23). The first-order valence-corrected chi connectivity index (χ1v) is 7.94. The molecule has 1 atom stereocenters. The minimum atomic E-state index is -0.263. The molecule has 0 radical (unpaired) electrons. The topological polar surface area (TPSA) is 58.6 Å². The Morgan fingerprint density at radius 2 is 1.83 bits per heavy atom. The van der Waals surface area contributed by atoms with Gasteiger partial charge in [-0.3, -0.25) is 9.69 Å². The Morgan fingerprint density at radius 3 is 2.58 bits per heavy atom. The fourth-order valence-corrected chi connectivity index (χ4v) is 3.02. The van der Waals surface area contributed by atoms with Crippen molar-refractivity contribution < 1.29 is 14.3 Å². The zero-order valence-corrected chi connectivity index (χ0v) is 13.6. The zero-order chi connectivity index (χ0) is 16.9. The number of nitrogens with zero attached hydrogens (tertiary/aromatic N) is 1. The van der Waals surface area contributed by atoms with Gasteiger partial charge in [-0.25, -0.2) is 4.79 Å². The number of amides is 2. The monoisotopic (exact) mass is 324 g/mol. The summed E-state index contributed by atoms with van der Waals surface area (Å²) in [5.74, 6) is -0.294. The first-order chi connectivity index (χ1) is 11.7. The first kappa shape index (κ1) is 16.1. The van der Waals surface area contributed by atoms with E-state index >= 15 is 0 Å². The van der Waals surface area contributed by atoms with Gasteiger partial charge in [0, 0.05) is 24.7 Å². The molecule has 1 unspecified atom stereocenters. The maximum absolute atomic E-state index is 12.6. The number of fused-ring (bicyclic) bond motifs is 1. The van der Waals surface area contributed by atoms with Crippen LogP contribution in [0.1, 0.15) is 23.5 Å². The fraction of sp³-hybridized carbons (Fsp3) is 0.263. The Kier molecular flexibility index (Phi) is 4.79. The SMILES string of the molecule is COC(=O)CC1CN(C(=O)NCc2ccccc2)c2ccccc21. The third kappa shape index (κ3) is 3.40. The summed E-state index contributed by atoms with van der Waals surface area (Å²) in [6.07, 6.45) is 0.274. The van der Waals surface area contributed by atoms with Crippen LogP contribution in [0.5, 0.6) is 0 Å². The quantitative estimate of drug-likeness (QED) is 0.879. The number of ether oxygens (including phenoxy) is 1. The number of para-hydroxylation sites is 1. The van der Waals surface area contributed by atoms with Gasteiger partial charge in [0.2, 0.25) is 0 Å². The van der Waals surface area contributed by atoms with E-state index in [1.807, 2.05) is 54.6 Å². The second-order valence-electron chi connectivity index (χ2n) is 5.79. The molecule has 1 heterocycles. The molecule has 0 saturated carbocycles. The van der Waals surface area contributed by atoms with Crippen molar-refractivity contribution >= 4 is 17.7 Å². The van der Waals surface area contributed by atoms with Gasteiger partial charge in [0.25, 0.3) is 0 Å². The van der Waals surface area contributed by atoms with E-state index in [4.69, 9.17) is 4.74 Å². The molecular formula is C19H20N2O3. The number of hydrogen-bond acceptors (Lipinski definition) is 3. The zero-order valence-electron chi connectivity index (χ0n) is 13.6. The number of benzene rings is 2. The lowest BCUT2D eigenvalue weighted by Crippen LogP contribution is -2.39. The molecule has 0 fully saturated rings. The average Bonchev–Trinajstić information content (AvgIpc) is 2.99. The van der Waals surface area contributed by atoms with E-state index in [2.05, 4.69) is 5.32 Å². The van der Waals surface area contributed by atoms with Crippen molar-refractivity contribution in [2.45, 2.75) is 18.9 Å². The highest BCUT2D eigenvalue weighted by Gasteiger charge is 2.33. The summed E-state index contributed by atoms with van der Waals surface area (Å²) in [5, 5.41) is 2.94. The molecule has 0 aromatic heterocycles. The molecular weight excluding hydrogens is 304 g/mol. The molecule has 0 saturated heterocycles. The number of urea groups is 1. The van der Waals surface area contributed by atoms with Crippen molar-refractivity contribution in [3.8, 4) is 0 Å². The third-order valence-electron chi connectivity index (χ3n) is 4.24. The van der Waals surface area contributed by atoms with Gasteiger partial charge in [0.1, 0.15) is 0 Å². The van der Waals surface area contributed by atoms with Crippen LogP contribution in [0.25, 0.3) is 0 Å². The van der Waals surface area contributed by atoms with Crippen LogP contribution in [0.15, 0.2) is 54.6 Å². The van der Waals surface area contributed by atoms with Crippen LogP contribution in [0.2, 0.25) is 0 Å². The van der Waals surface area contributed by atoms with Crippen LogP contribution < -0.4 is 10.2 Å². The van der Waals surface area contributed by atoms with Gasteiger partial charge >= 0.3 is 12.0 Å². The van der Waals surface area contributed by atoms with Gasteiger partial charge in [-0.2, -0.15) is 0 Å². The number of nitrogens with one attached hydrogen (secondary N) is 1. The van der Waals surface area contributed by atoms with E-state index in [-0.39, 0.29) is 24.3 Å². The van der Waals surface area contributed by atoms with Crippen molar-refractivity contribution in [2.75, 3.05) is 18.6 Å². The van der Waals surface area contributed by atoms with Gasteiger partial charge in [-0.1, -0.05) is 48.5 Å². The highest BCUT2D eigenvalue weighted by Crippen LogP contribution is 2.38. The van der Waals surface area contributed by atoms with E-state index in [0.717, 1.165) is 16.8 Å². The van der Waals surface area contributed by atoms with Crippen molar-refractivity contribution in [3.63, 3.8) is 0 Å². The minimum absolute atomic E-state index is 0.0314. The number of methoxy groups -OCH3 is 1. The Labute approximate surface area is 141 Å². The summed E-state index contributed by atoms with van der Waals surface area (Å²) < 4.78 is 4.77. The molecule has 124 valence electrons. The maximum atomic E-state index is 12.6. The van der Waals surface area contributed by atoms with Crippen LogP contribution in [-0.2, 0) is 16.1 Å². The molecule has 2 aromatic rings. The van der Waals surface area contributed by atoms with Crippen LogP contribution in [0.3, 0.4) is 0 Å². The van der Waals surface area contributed by atoms with Crippen LogP contribution >= 0.6 is 0 Å². The van der Waals surface area contributed by atoms with Crippen LogP contribution in [0, 0.1) is 0 Å². The highest BCUT2D eigenvalue weighted by atomic mass is 16.5. The lowest BCUT2D eigenvalue weighted by atomic mass is 9.98. The molecule has 2 aromatic carbocycles. The van der Waals surface area contributed by atoms with Gasteiger partial charge in [-0.05, 0) is 17.2 Å². The molecule has 5 nitrogen and oxygen atoms in total. The Morgan fingerprint density at radius 1 is 1.12 bits per heavy atom. The van der Waals surface area contributed by atoms with Crippen molar-refractivity contribution in [1.29, 1.82) is 0 Å². The lowest BCUT2D eigenvalue weighted by molar-refractivity contribution is -0.141. The Hall–Kier alpha value is -2.82. The maximum Gasteiger partial charge on any atom is 0.322 e. The number of hydrogen-bond donors (Lipinski definition) is 1. The smallest absolute Gasteiger partial charge is 0.322 e. The predicted molar refractivity (Wildman–Crippen MR) is 91.8 cm³/mol. The average molecular weight is 324 g/mol. The number of carbonyl (C=O) groups excluding carboxylic acids is 2. The van der Waals surface area contributed by atoms with Crippen molar-refractivity contribution in [2.24, 2.45) is 0 Å². The lowest BCUT2D eigenvalue weighted by Gasteiger charge is -2.18. The van der Waals surface area contributed by atoms with E-state index < -0.39 is 0 Å². The molecule has 1 aliphatic heterocycles. The molecule has 0 bridgehead atoms. The Balaban J connectivity index is 1.71. The molecule has 2 amide bonds. The van der Waals surface area contributed by atoms with Crippen molar-refractivity contribution in [1.82, 2.24) is 5.32 Å². The molecule has 1 aliphatic rings. The summed E-state index contributed by atoms with van der Waals surface area (Å²) in [6.45, 7) is 0.953. The molecule has 1 N–H and O–H groups in total. The fourth-order valence-electron chi connectivity index (χ4n) is 3.02. The number of carbonyl (C=O) groups is 2. The predicted octanol–water partition coefficient (Wildman–Crippen LogP) is 3.06. The number of esters is 1. The summed E-state index contributed by atoms with van der Waals surface area (Å²) in [7, 11) is 1.38. The van der Waals surface area contributed by atoms with Crippen molar-refractivity contribution in [3.05, 3.63) is 65.7 Å². The van der Waals surface area contributed by atoms with Crippen LogP contribution in [-0.4, -0.2) is 25.7 Å². The van der Waals surface area contributed by atoms with Gasteiger partial charge in [-0.15, -0.1) is 0 Å².